The number of rotatable bonds is 6. The van der Waals surface area contributed by atoms with E-state index in [2.05, 4.69) is 55.3 Å². The number of nitrogens with one attached hydrogen (secondary N) is 1. The summed E-state index contributed by atoms with van der Waals surface area (Å²) in [5.41, 5.74) is 4.16. The minimum absolute atomic E-state index is 0.0701. The smallest absolute Gasteiger partial charge is 0.246 e. The van der Waals surface area contributed by atoms with Crippen molar-refractivity contribution in [2.24, 2.45) is 0 Å². The number of likely N-dealkylation sites (N-methyl/N-ethyl adjacent to an activating group) is 1. The summed E-state index contributed by atoms with van der Waals surface area (Å²) < 4.78 is 0. The third kappa shape index (κ3) is 5.71. The lowest BCUT2D eigenvalue weighted by Gasteiger charge is -2.28. The maximum atomic E-state index is 13.3. The van der Waals surface area contributed by atoms with Gasteiger partial charge in [0.25, 0.3) is 0 Å². The topological polar surface area (TPSA) is 32.3 Å². The first-order valence-corrected chi connectivity index (χ1v) is 10.5. The van der Waals surface area contributed by atoms with Crippen molar-refractivity contribution in [3.63, 3.8) is 0 Å². The monoisotopic (exact) mass is 420 g/mol. The number of halogens is 1. The third-order valence-electron chi connectivity index (χ3n) is 5.17. The summed E-state index contributed by atoms with van der Waals surface area (Å²) in [6, 6.07) is 25.3. The molecule has 3 aromatic rings. The molecule has 3 rings (SSSR count). The molecule has 0 aliphatic carbocycles. The molecule has 0 radical (unpaired) electrons. The summed E-state index contributed by atoms with van der Waals surface area (Å²) in [6.07, 6.45) is 0. The second-order valence-corrected chi connectivity index (χ2v) is 9.11. The fourth-order valence-electron chi connectivity index (χ4n) is 3.48. The highest BCUT2D eigenvalue weighted by atomic mass is 35.5. The Hall–Kier alpha value is -2.62. The van der Waals surface area contributed by atoms with Gasteiger partial charge in [0.2, 0.25) is 5.91 Å². The fourth-order valence-corrected chi connectivity index (χ4v) is 3.60. The van der Waals surface area contributed by atoms with Crippen LogP contribution in [-0.2, 0) is 16.8 Å². The van der Waals surface area contributed by atoms with Crippen LogP contribution >= 0.6 is 11.6 Å². The molecule has 0 saturated carbocycles. The van der Waals surface area contributed by atoms with Gasteiger partial charge < -0.3 is 5.32 Å². The Morgan fingerprint density at radius 2 is 1.53 bits per heavy atom. The van der Waals surface area contributed by atoms with E-state index >= 15 is 0 Å². The maximum Gasteiger partial charge on any atom is 0.246 e. The number of anilines is 1. The molecule has 0 heterocycles. The van der Waals surface area contributed by atoms with E-state index in [0.717, 1.165) is 16.8 Å². The summed E-state index contributed by atoms with van der Waals surface area (Å²) in [5, 5.41) is 3.74. The van der Waals surface area contributed by atoms with Gasteiger partial charge in [0, 0.05) is 17.3 Å². The Morgan fingerprint density at radius 3 is 2.10 bits per heavy atom. The highest BCUT2D eigenvalue weighted by molar-refractivity contribution is 6.30. The molecule has 0 fully saturated rings. The van der Waals surface area contributed by atoms with E-state index in [4.69, 9.17) is 11.6 Å². The van der Waals surface area contributed by atoms with Crippen molar-refractivity contribution in [2.45, 2.75) is 38.8 Å². The van der Waals surface area contributed by atoms with Crippen molar-refractivity contribution in [1.82, 2.24) is 4.90 Å². The lowest BCUT2D eigenvalue weighted by Crippen LogP contribution is -2.34. The Kier molecular flexibility index (Phi) is 6.96. The van der Waals surface area contributed by atoms with Crippen molar-refractivity contribution < 1.29 is 4.79 Å². The van der Waals surface area contributed by atoms with Crippen LogP contribution in [0.3, 0.4) is 0 Å². The average molecular weight is 421 g/mol. The molecule has 4 heteroatoms. The van der Waals surface area contributed by atoms with E-state index in [1.807, 2.05) is 61.6 Å². The molecule has 0 saturated heterocycles. The molecule has 0 spiro atoms. The molecule has 3 aromatic carbocycles. The molecule has 30 heavy (non-hydrogen) atoms. The van der Waals surface area contributed by atoms with Gasteiger partial charge in [-0.25, -0.2) is 0 Å². The lowest BCUT2D eigenvalue weighted by molar-refractivity contribution is -0.121. The number of amides is 1. The summed E-state index contributed by atoms with van der Waals surface area (Å²) in [5.74, 6) is -0.0701. The zero-order valence-electron chi connectivity index (χ0n) is 18.0. The van der Waals surface area contributed by atoms with Crippen molar-refractivity contribution >= 4 is 23.2 Å². The van der Waals surface area contributed by atoms with Gasteiger partial charge in [0.1, 0.15) is 6.04 Å². The van der Waals surface area contributed by atoms with Gasteiger partial charge in [-0.15, -0.1) is 0 Å². The Morgan fingerprint density at radius 1 is 0.933 bits per heavy atom. The van der Waals surface area contributed by atoms with Crippen LogP contribution in [0.15, 0.2) is 78.9 Å². The van der Waals surface area contributed by atoms with E-state index in [1.165, 1.54) is 5.56 Å². The predicted octanol–water partition coefficient (Wildman–Crippen LogP) is 6.45. The van der Waals surface area contributed by atoms with E-state index in [9.17, 15) is 4.79 Å². The molecule has 0 unspecified atom stereocenters. The standard InChI is InChI=1S/C26H29ClN2O/c1-26(2,3)21-12-16-23(17-13-21)28-25(30)24(20-10-14-22(27)15-11-20)29(4)18-19-8-6-5-7-9-19/h5-17,24H,18H2,1-4H3,(H,28,30)/t24-/m1/s1. The lowest BCUT2D eigenvalue weighted by atomic mass is 9.87. The Labute approximate surface area is 184 Å². The third-order valence-corrected chi connectivity index (χ3v) is 5.42. The predicted molar refractivity (Wildman–Crippen MR) is 126 cm³/mol. The minimum atomic E-state index is -0.440. The Bertz CT molecular complexity index is 961. The van der Waals surface area contributed by atoms with Crippen molar-refractivity contribution in [3.8, 4) is 0 Å². The van der Waals surface area contributed by atoms with Crippen LogP contribution in [0.2, 0.25) is 5.02 Å². The summed E-state index contributed by atoms with van der Waals surface area (Å²) in [4.78, 5) is 15.4. The summed E-state index contributed by atoms with van der Waals surface area (Å²) in [6.45, 7) is 7.19. The Balaban J connectivity index is 1.83. The average Bonchev–Trinajstić information content (AvgIpc) is 2.70. The van der Waals surface area contributed by atoms with Crippen LogP contribution in [0.25, 0.3) is 0 Å². The number of hydrogen-bond acceptors (Lipinski definition) is 2. The van der Waals surface area contributed by atoms with Gasteiger partial charge in [0.15, 0.2) is 0 Å². The van der Waals surface area contributed by atoms with E-state index in [-0.39, 0.29) is 11.3 Å². The van der Waals surface area contributed by atoms with Gasteiger partial charge >= 0.3 is 0 Å². The fraction of sp³-hybridized carbons (Fsp3) is 0.269. The molecule has 1 N–H and O–H groups in total. The molecule has 1 atom stereocenters. The van der Waals surface area contributed by atoms with Gasteiger partial charge in [-0.05, 0) is 53.4 Å². The number of nitrogens with zero attached hydrogens (tertiary/aromatic N) is 1. The number of carbonyl (C=O) groups is 1. The molecular formula is C26H29ClN2O. The van der Waals surface area contributed by atoms with E-state index < -0.39 is 6.04 Å². The highest BCUT2D eigenvalue weighted by Gasteiger charge is 2.25. The molecule has 3 nitrogen and oxygen atoms in total. The SMILES string of the molecule is CN(Cc1ccccc1)[C@@H](C(=O)Nc1ccc(C(C)(C)C)cc1)c1ccc(Cl)cc1. The van der Waals surface area contributed by atoms with Crippen LogP contribution in [-0.4, -0.2) is 17.9 Å². The maximum absolute atomic E-state index is 13.3. The molecule has 156 valence electrons. The van der Waals surface area contributed by atoms with E-state index in [0.29, 0.717) is 11.6 Å². The second-order valence-electron chi connectivity index (χ2n) is 8.67. The number of hydrogen-bond donors (Lipinski definition) is 1. The summed E-state index contributed by atoms with van der Waals surface area (Å²) in [7, 11) is 1.97. The molecule has 1 amide bonds. The molecule has 0 aliphatic heterocycles. The zero-order valence-corrected chi connectivity index (χ0v) is 18.8. The zero-order chi connectivity index (χ0) is 21.7. The summed E-state index contributed by atoms with van der Waals surface area (Å²) >= 11 is 6.07. The van der Waals surface area contributed by atoms with Crippen LogP contribution < -0.4 is 5.32 Å². The first-order chi connectivity index (χ1) is 14.2. The van der Waals surface area contributed by atoms with Crippen LogP contribution in [0.1, 0.15) is 43.5 Å². The molecule has 0 aliphatic rings. The van der Waals surface area contributed by atoms with Gasteiger partial charge in [-0.1, -0.05) is 87.0 Å². The van der Waals surface area contributed by atoms with Crippen molar-refractivity contribution in [3.05, 3.63) is 101 Å². The van der Waals surface area contributed by atoms with Crippen LogP contribution in [0.5, 0.6) is 0 Å². The van der Waals surface area contributed by atoms with Gasteiger partial charge in [-0.3, -0.25) is 9.69 Å². The highest BCUT2D eigenvalue weighted by Crippen LogP contribution is 2.27. The van der Waals surface area contributed by atoms with Crippen molar-refractivity contribution in [1.29, 1.82) is 0 Å². The largest absolute Gasteiger partial charge is 0.324 e. The molecular weight excluding hydrogens is 392 g/mol. The first-order valence-electron chi connectivity index (χ1n) is 10.1. The van der Waals surface area contributed by atoms with Crippen molar-refractivity contribution in [2.75, 3.05) is 12.4 Å². The van der Waals surface area contributed by atoms with Crippen LogP contribution in [0, 0.1) is 0 Å². The quantitative estimate of drug-likeness (QED) is 0.497. The number of carbonyl (C=O) groups excluding carboxylic acids is 1. The normalized spacial score (nSPS) is 12.6. The van der Waals surface area contributed by atoms with E-state index in [1.54, 1.807) is 0 Å². The number of benzene rings is 3. The first kappa shape index (κ1) is 22.1. The molecule has 0 aromatic heterocycles. The van der Waals surface area contributed by atoms with Gasteiger partial charge in [0.05, 0.1) is 0 Å². The van der Waals surface area contributed by atoms with Crippen LogP contribution in [0.4, 0.5) is 5.69 Å². The minimum Gasteiger partial charge on any atom is -0.324 e. The van der Waals surface area contributed by atoms with Gasteiger partial charge in [-0.2, -0.15) is 0 Å². The second kappa shape index (κ2) is 9.46. The molecule has 0 bridgehead atoms.